The molecule has 2 unspecified atom stereocenters. The molecule has 2 bridgehead atoms. The third-order valence-corrected chi connectivity index (χ3v) is 9.48. The van der Waals surface area contributed by atoms with Crippen LogP contribution in [0.5, 0.6) is 0 Å². The predicted molar refractivity (Wildman–Crippen MR) is 109 cm³/mol. The van der Waals surface area contributed by atoms with Crippen LogP contribution in [-0.2, 0) is 19.1 Å². The first-order valence-corrected chi connectivity index (χ1v) is 11.5. The van der Waals surface area contributed by atoms with E-state index in [4.69, 9.17) is 16.3 Å². The summed E-state index contributed by atoms with van der Waals surface area (Å²) in [6.45, 7) is 6.30. The van der Waals surface area contributed by atoms with Crippen molar-refractivity contribution in [3.05, 3.63) is 23.3 Å². The lowest BCUT2D eigenvalue weighted by atomic mass is 9.44. The van der Waals surface area contributed by atoms with Gasteiger partial charge in [0.25, 0.3) is 0 Å². The molecule has 0 spiro atoms. The van der Waals surface area contributed by atoms with E-state index in [0.29, 0.717) is 24.2 Å². The Kier molecular flexibility index (Phi) is 4.24. The normalized spacial score (nSPS) is 47.1. The van der Waals surface area contributed by atoms with Gasteiger partial charge in [-0.05, 0) is 78.4 Å². The molecule has 2 fully saturated rings. The van der Waals surface area contributed by atoms with E-state index in [2.05, 4.69) is 19.9 Å². The molecule has 5 rings (SSSR count). The topological polar surface area (TPSA) is 60.4 Å². The maximum Gasteiger partial charge on any atom is 0.321 e. The van der Waals surface area contributed by atoms with Gasteiger partial charge in [-0.3, -0.25) is 14.4 Å². The average molecular weight is 417 g/mol. The van der Waals surface area contributed by atoms with Crippen LogP contribution in [0.25, 0.3) is 0 Å². The second-order valence-electron chi connectivity index (χ2n) is 10.4. The molecule has 0 radical (unpaired) electrons. The number of esters is 1. The van der Waals surface area contributed by atoms with Crippen molar-refractivity contribution in [1.29, 1.82) is 0 Å². The van der Waals surface area contributed by atoms with Gasteiger partial charge in [-0.2, -0.15) is 0 Å². The van der Waals surface area contributed by atoms with Crippen LogP contribution in [0.15, 0.2) is 23.3 Å². The van der Waals surface area contributed by atoms with E-state index in [1.807, 2.05) is 6.08 Å². The van der Waals surface area contributed by atoms with Gasteiger partial charge in [-0.15, -0.1) is 11.6 Å². The molecule has 5 aliphatic rings. The fraction of sp³-hybridized carbons (Fsp3) is 0.708. The number of ketones is 2. The molecule has 29 heavy (non-hydrogen) atoms. The lowest BCUT2D eigenvalue weighted by Crippen LogP contribution is -2.56. The van der Waals surface area contributed by atoms with E-state index < -0.39 is 12.1 Å². The minimum atomic E-state index is -0.425. The SMILES string of the molecule is CC(=O)[C@H]1CC2C(OC(=O)CCl)C3=C[C@H]4[C@H]2[C@]1(C)CC[C@@H]4[C@@]1(C)CCC(=O)C=C31. The number of Topliss-reactive ketones (excluding diaryl/α,β-unsaturated/α-hetero) is 1. The molecule has 0 saturated heterocycles. The van der Waals surface area contributed by atoms with Crippen molar-refractivity contribution in [2.24, 2.45) is 40.4 Å². The Morgan fingerprint density at radius 1 is 1.28 bits per heavy atom. The first-order chi connectivity index (χ1) is 13.7. The highest BCUT2D eigenvalue weighted by atomic mass is 35.5. The van der Waals surface area contributed by atoms with Crippen LogP contribution in [0.3, 0.4) is 0 Å². The summed E-state index contributed by atoms with van der Waals surface area (Å²) in [6.07, 6.45) is 8.04. The zero-order chi connectivity index (χ0) is 20.7. The average Bonchev–Trinajstić information content (AvgIpc) is 2.99. The lowest BCUT2D eigenvalue weighted by molar-refractivity contribution is -0.151. The molecule has 0 aromatic heterocycles. The van der Waals surface area contributed by atoms with Crippen molar-refractivity contribution in [1.82, 2.24) is 0 Å². The first-order valence-electron chi connectivity index (χ1n) is 10.9. The van der Waals surface area contributed by atoms with Crippen molar-refractivity contribution in [3.8, 4) is 0 Å². The Morgan fingerprint density at radius 3 is 2.72 bits per heavy atom. The van der Waals surface area contributed by atoms with E-state index in [-0.39, 0.29) is 40.1 Å². The smallest absolute Gasteiger partial charge is 0.321 e. The van der Waals surface area contributed by atoms with E-state index in [1.165, 1.54) is 0 Å². The fourth-order valence-electron chi connectivity index (χ4n) is 8.10. The van der Waals surface area contributed by atoms with E-state index in [1.54, 1.807) is 6.92 Å². The van der Waals surface area contributed by atoms with Crippen molar-refractivity contribution in [3.63, 3.8) is 0 Å². The highest BCUT2D eigenvalue weighted by molar-refractivity contribution is 6.26. The molecule has 0 N–H and O–H groups in total. The Morgan fingerprint density at radius 2 is 2.03 bits per heavy atom. The number of hydrogen-bond acceptors (Lipinski definition) is 4. The fourth-order valence-corrected chi connectivity index (χ4v) is 8.17. The third kappa shape index (κ3) is 2.47. The number of allylic oxidation sites excluding steroid dienone is 2. The minimum absolute atomic E-state index is 0.00875. The summed E-state index contributed by atoms with van der Waals surface area (Å²) in [7, 11) is 0. The van der Waals surface area contributed by atoms with Gasteiger partial charge in [-0.1, -0.05) is 19.9 Å². The quantitative estimate of drug-likeness (QED) is 0.509. The van der Waals surface area contributed by atoms with Gasteiger partial charge in [-0.25, -0.2) is 0 Å². The largest absolute Gasteiger partial charge is 0.456 e. The molecule has 4 nitrogen and oxygen atoms in total. The first kappa shape index (κ1) is 19.5. The highest BCUT2D eigenvalue weighted by Gasteiger charge is 2.67. The van der Waals surface area contributed by atoms with Gasteiger partial charge in [0.05, 0.1) is 0 Å². The van der Waals surface area contributed by atoms with E-state index in [0.717, 1.165) is 36.8 Å². The summed E-state index contributed by atoms with van der Waals surface area (Å²) < 4.78 is 5.95. The zero-order valence-electron chi connectivity index (χ0n) is 17.4. The van der Waals surface area contributed by atoms with Crippen LogP contribution >= 0.6 is 11.6 Å². The lowest BCUT2D eigenvalue weighted by Gasteiger charge is -2.61. The monoisotopic (exact) mass is 416 g/mol. The van der Waals surface area contributed by atoms with Crippen molar-refractivity contribution >= 4 is 29.1 Å². The molecule has 0 heterocycles. The van der Waals surface area contributed by atoms with E-state index >= 15 is 0 Å². The number of carbonyl (C=O) groups excluding carboxylic acids is 3. The number of rotatable bonds is 3. The number of fused-ring (bicyclic) bond motifs is 3. The Balaban J connectivity index is 1.69. The summed E-state index contributed by atoms with van der Waals surface area (Å²) in [5, 5.41) is 0. The third-order valence-electron chi connectivity index (χ3n) is 9.27. The molecule has 5 heteroatoms. The number of carbonyl (C=O) groups is 3. The van der Waals surface area contributed by atoms with Crippen molar-refractivity contribution in [2.45, 2.75) is 59.0 Å². The second-order valence-corrected chi connectivity index (χ2v) is 10.7. The summed E-state index contributed by atoms with van der Waals surface area (Å²) in [5.74, 6) is 1.15. The molecule has 0 aromatic carbocycles. The van der Waals surface area contributed by atoms with Gasteiger partial charge in [0.2, 0.25) is 0 Å². The Bertz CT molecular complexity index is 872. The van der Waals surface area contributed by atoms with Gasteiger partial charge in [0, 0.05) is 18.3 Å². The van der Waals surface area contributed by atoms with Crippen LogP contribution in [-0.4, -0.2) is 29.5 Å². The molecular weight excluding hydrogens is 388 g/mol. The van der Waals surface area contributed by atoms with Gasteiger partial charge in [0.1, 0.15) is 17.8 Å². The van der Waals surface area contributed by atoms with Crippen LogP contribution < -0.4 is 0 Å². The standard InChI is InChI=1S/C24H29ClO4/c1-12(26)18-10-16-21-14-9-15(22(16)29-20(28)11-25)19-8-13(27)4-6-23(19,2)17(14)5-7-24(18,21)3/h8-9,14,16-18,21-22H,4-7,10-11H2,1-3H3/t14-,16?,17+,18-,21-,22?,23-,24-/m1/s1. The predicted octanol–water partition coefficient (Wildman–Crippen LogP) is 4.26. The maximum atomic E-state index is 12.6. The van der Waals surface area contributed by atoms with Gasteiger partial charge < -0.3 is 4.74 Å². The van der Waals surface area contributed by atoms with Crippen LogP contribution in [0.1, 0.15) is 52.9 Å². The summed E-state index contributed by atoms with van der Waals surface area (Å²) in [6, 6.07) is 0. The Labute approximate surface area is 177 Å². The summed E-state index contributed by atoms with van der Waals surface area (Å²) >= 11 is 5.79. The molecule has 5 aliphatic carbocycles. The molecule has 8 atom stereocenters. The zero-order valence-corrected chi connectivity index (χ0v) is 18.1. The van der Waals surface area contributed by atoms with Crippen LogP contribution in [0.4, 0.5) is 0 Å². The molecule has 0 aliphatic heterocycles. The van der Waals surface area contributed by atoms with Crippen molar-refractivity contribution < 1.29 is 19.1 Å². The molecule has 0 aromatic rings. The molecular formula is C24H29ClO4. The second kappa shape index (κ2) is 6.29. The summed E-state index contributed by atoms with van der Waals surface area (Å²) in [4.78, 5) is 37.2. The van der Waals surface area contributed by atoms with Crippen molar-refractivity contribution in [2.75, 3.05) is 5.88 Å². The number of halogens is 1. The maximum absolute atomic E-state index is 12.6. The summed E-state index contributed by atoms with van der Waals surface area (Å²) in [5.41, 5.74) is 1.99. The number of ether oxygens (including phenoxy) is 1. The van der Waals surface area contributed by atoms with Gasteiger partial charge in [0.15, 0.2) is 5.78 Å². The number of alkyl halides is 1. The number of hydrogen-bond donors (Lipinski definition) is 0. The highest BCUT2D eigenvalue weighted by Crippen LogP contribution is 2.71. The van der Waals surface area contributed by atoms with Crippen LogP contribution in [0.2, 0.25) is 0 Å². The Hall–Kier alpha value is -1.42. The van der Waals surface area contributed by atoms with Gasteiger partial charge >= 0.3 is 5.97 Å². The molecule has 2 saturated carbocycles. The molecule has 156 valence electrons. The molecule has 0 amide bonds. The van der Waals surface area contributed by atoms with E-state index in [9.17, 15) is 14.4 Å². The van der Waals surface area contributed by atoms with Crippen LogP contribution in [0, 0.1) is 40.4 Å². The minimum Gasteiger partial charge on any atom is -0.456 e.